The first kappa shape index (κ1) is 18.4. The zero-order valence-electron chi connectivity index (χ0n) is 15.5. The molecule has 2 aromatic heterocycles. The summed E-state index contributed by atoms with van der Waals surface area (Å²) in [5.74, 6) is 0.309. The molecule has 144 valence electrons. The Kier molecular flexibility index (Phi) is 5.33. The maximum absolute atomic E-state index is 12.3. The molecule has 0 aliphatic rings. The minimum absolute atomic E-state index is 0.0995. The Balaban J connectivity index is 1.39. The molecule has 0 atom stereocenters. The molecular weight excluding hydrogens is 368 g/mol. The van der Waals surface area contributed by atoms with E-state index in [4.69, 9.17) is 9.15 Å². The lowest BCUT2D eigenvalue weighted by molar-refractivity contribution is -0.123. The lowest BCUT2D eigenvalue weighted by Gasteiger charge is -2.08. The van der Waals surface area contributed by atoms with Crippen molar-refractivity contribution in [2.75, 3.05) is 6.61 Å². The number of hydrogen-bond acceptors (Lipinski definition) is 5. The van der Waals surface area contributed by atoms with E-state index < -0.39 is 5.63 Å². The number of nitrogens with one attached hydrogen (secondary N) is 1. The Morgan fingerprint density at radius 1 is 1.03 bits per heavy atom. The van der Waals surface area contributed by atoms with Gasteiger partial charge in [-0.3, -0.25) is 9.78 Å². The van der Waals surface area contributed by atoms with E-state index >= 15 is 0 Å². The van der Waals surface area contributed by atoms with Crippen molar-refractivity contribution in [3.8, 4) is 16.9 Å². The van der Waals surface area contributed by atoms with Crippen LogP contribution in [0.15, 0.2) is 88.3 Å². The second-order valence-electron chi connectivity index (χ2n) is 6.44. The summed E-state index contributed by atoms with van der Waals surface area (Å²) in [7, 11) is 0. The van der Waals surface area contributed by atoms with Gasteiger partial charge in [0.15, 0.2) is 6.61 Å². The summed E-state index contributed by atoms with van der Waals surface area (Å²) in [6.07, 6.45) is 3.38. The van der Waals surface area contributed by atoms with Crippen molar-refractivity contribution < 1.29 is 13.9 Å². The van der Waals surface area contributed by atoms with Gasteiger partial charge in [-0.15, -0.1) is 0 Å². The zero-order chi connectivity index (χ0) is 20.1. The van der Waals surface area contributed by atoms with E-state index in [1.807, 2.05) is 36.4 Å². The smallest absolute Gasteiger partial charge is 0.344 e. The predicted octanol–water partition coefficient (Wildman–Crippen LogP) is 3.55. The monoisotopic (exact) mass is 386 g/mol. The summed E-state index contributed by atoms with van der Waals surface area (Å²) >= 11 is 0. The summed E-state index contributed by atoms with van der Waals surface area (Å²) < 4.78 is 10.9. The topological polar surface area (TPSA) is 81.4 Å². The fourth-order valence-corrected chi connectivity index (χ4v) is 2.90. The third kappa shape index (κ3) is 4.50. The molecule has 0 unspecified atom stereocenters. The van der Waals surface area contributed by atoms with E-state index in [1.54, 1.807) is 42.7 Å². The number of amides is 1. The Morgan fingerprint density at radius 2 is 1.86 bits per heavy atom. The predicted molar refractivity (Wildman–Crippen MR) is 109 cm³/mol. The van der Waals surface area contributed by atoms with Gasteiger partial charge in [0.2, 0.25) is 0 Å². The summed E-state index contributed by atoms with van der Waals surface area (Å²) in [6, 6.07) is 19.9. The lowest BCUT2D eigenvalue weighted by Crippen LogP contribution is -2.28. The number of fused-ring (bicyclic) bond motifs is 1. The first-order chi connectivity index (χ1) is 14.2. The SMILES string of the molecule is O=C(COc1ccc(-c2cc3ccccc3oc2=O)cc1)NCc1cccnc1. The second kappa shape index (κ2) is 8.39. The number of ether oxygens (including phenoxy) is 1. The van der Waals surface area contributed by atoms with Crippen molar-refractivity contribution in [3.05, 3.63) is 95.1 Å². The van der Waals surface area contributed by atoms with Gasteiger partial charge in [0.25, 0.3) is 5.91 Å². The van der Waals surface area contributed by atoms with Crippen LogP contribution in [-0.2, 0) is 11.3 Å². The maximum Gasteiger partial charge on any atom is 0.344 e. The van der Waals surface area contributed by atoms with Gasteiger partial charge in [-0.05, 0) is 41.5 Å². The van der Waals surface area contributed by atoms with Crippen molar-refractivity contribution in [3.63, 3.8) is 0 Å². The van der Waals surface area contributed by atoms with Crippen molar-refractivity contribution in [2.24, 2.45) is 0 Å². The summed E-state index contributed by atoms with van der Waals surface area (Å²) in [5.41, 5.74) is 2.27. The first-order valence-corrected chi connectivity index (χ1v) is 9.11. The molecule has 0 spiro atoms. The van der Waals surface area contributed by atoms with E-state index in [0.717, 1.165) is 16.5 Å². The van der Waals surface area contributed by atoms with Crippen LogP contribution in [-0.4, -0.2) is 17.5 Å². The van der Waals surface area contributed by atoms with Crippen LogP contribution in [0.25, 0.3) is 22.1 Å². The van der Waals surface area contributed by atoms with Gasteiger partial charge in [0.05, 0.1) is 5.56 Å². The standard InChI is InChI=1S/C23H18N2O4/c26-22(25-14-16-4-3-11-24-13-16)15-28-19-9-7-17(8-10-19)20-12-18-5-1-2-6-21(18)29-23(20)27/h1-13H,14-15H2,(H,25,26). The molecule has 4 rings (SSSR count). The molecule has 6 heteroatoms. The van der Waals surface area contributed by atoms with Gasteiger partial charge >= 0.3 is 5.63 Å². The molecule has 0 radical (unpaired) electrons. The molecule has 1 amide bonds. The Labute approximate surface area is 166 Å². The number of hydrogen-bond donors (Lipinski definition) is 1. The molecule has 0 aliphatic heterocycles. The number of benzene rings is 2. The third-order valence-corrected chi connectivity index (χ3v) is 4.39. The normalized spacial score (nSPS) is 10.6. The fourth-order valence-electron chi connectivity index (χ4n) is 2.90. The molecule has 0 saturated carbocycles. The first-order valence-electron chi connectivity index (χ1n) is 9.11. The molecule has 2 heterocycles. The summed E-state index contributed by atoms with van der Waals surface area (Å²) in [6.45, 7) is 0.296. The summed E-state index contributed by atoms with van der Waals surface area (Å²) in [4.78, 5) is 28.2. The number of aromatic nitrogens is 1. The highest BCUT2D eigenvalue weighted by Crippen LogP contribution is 2.23. The largest absolute Gasteiger partial charge is 0.484 e. The van der Waals surface area contributed by atoms with Gasteiger partial charge in [0, 0.05) is 24.3 Å². The average Bonchev–Trinajstić information content (AvgIpc) is 2.77. The van der Waals surface area contributed by atoms with E-state index in [1.165, 1.54) is 0 Å². The molecule has 0 bridgehead atoms. The van der Waals surface area contributed by atoms with Crippen molar-refractivity contribution in [1.82, 2.24) is 10.3 Å². The minimum atomic E-state index is -0.396. The van der Waals surface area contributed by atoms with Gasteiger partial charge < -0.3 is 14.5 Å². The van der Waals surface area contributed by atoms with Gasteiger partial charge in [0.1, 0.15) is 11.3 Å². The van der Waals surface area contributed by atoms with Gasteiger partial charge in [-0.1, -0.05) is 36.4 Å². The number of rotatable bonds is 6. The van der Waals surface area contributed by atoms with E-state index in [2.05, 4.69) is 10.3 Å². The Morgan fingerprint density at radius 3 is 2.66 bits per heavy atom. The van der Waals surface area contributed by atoms with Gasteiger partial charge in [-0.2, -0.15) is 0 Å². The van der Waals surface area contributed by atoms with Crippen LogP contribution in [0.2, 0.25) is 0 Å². The van der Waals surface area contributed by atoms with Crippen LogP contribution in [0.4, 0.5) is 0 Å². The zero-order valence-corrected chi connectivity index (χ0v) is 15.5. The number of nitrogens with zero attached hydrogens (tertiary/aromatic N) is 1. The molecule has 0 aliphatic carbocycles. The van der Waals surface area contributed by atoms with E-state index in [9.17, 15) is 9.59 Å². The number of carbonyl (C=O) groups is 1. The van der Waals surface area contributed by atoms with Crippen molar-refractivity contribution >= 4 is 16.9 Å². The Hall–Kier alpha value is -3.93. The maximum atomic E-state index is 12.3. The highest BCUT2D eigenvalue weighted by Gasteiger charge is 2.08. The molecule has 0 saturated heterocycles. The number of carbonyl (C=O) groups excluding carboxylic acids is 1. The minimum Gasteiger partial charge on any atom is -0.484 e. The van der Waals surface area contributed by atoms with Crippen LogP contribution in [0, 0.1) is 0 Å². The highest BCUT2D eigenvalue weighted by atomic mass is 16.5. The van der Waals surface area contributed by atoms with Crippen molar-refractivity contribution in [2.45, 2.75) is 6.54 Å². The van der Waals surface area contributed by atoms with Crippen LogP contribution < -0.4 is 15.7 Å². The average molecular weight is 386 g/mol. The summed E-state index contributed by atoms with van der Waals surface area (Å²) in [5, 5.41) is 3.63. The van der Waals surface area contributed by atoms with Crippen LogP contribution in [0.3, 0.4) is 0 Å². The molecule has 6 nitrogen and oxygen atoms in total. The van der Waals surface area contributed by atoms with E-state index in [-0.39, 0.29) is 12.5 Å². The Bertz CT molecular complexity index is 1180. The highest BCUT2D eigenvalue weighted by molar-refractivity contribution is 5.81. The molecule has 0 fully saturated rings. The molecular formula is C23H18N2O4. The van der Waals surface area contributed by atoms with Crippen molar-refractivity contribution in [1.29, 1.82) is 0 Å². The third-order valence-electron chi connectivity index (χ3n) is 4.39. The van der Waals surface area contributed by atoms with Gasteiger partial charge in [-0.25, -0.2) is 4.79 Å². The molecule has 29 heavy (non-hydrogen) atoms. The fraction of sp³-hybridized carbons (Fsp3) is 0.0870. The van der Waals surface area contributed by atoms with Crippen LogP contribution in [0.1, 0.15) is 5.56 Å². The molecule has 2 aromatic carbocycles. The van der Waals surface area contributed by atoms with E-state index in [0.29, 0.717) is 23.4 Å². The second-order valence-corrected chi connectivity index (χ2v) is 6.44. The van der Waals surface area contributed by atoms with Crippen LogP contribution in [0.5, 0.6) is 5.75 Å². The lowest BCUT2D eigenvalue weighted by atomic mass is 10.1. The number of pyridine rings is 1. The molecule has 1 N–H and O–H groups in total. The quantitative estimate of drug-likeness (QED) is 0.513. The number of para-hydroxylation sites is 1. The van der Waals surface area contributed by atoms with Crippen LogP contribution >= 0.6 is 0 Å². The molecule has 4 aromatic rings.